The zero-order chi connectivity index (χ0) is 10.4. The Labute approximate surface area is 88.5 Å². The van der Waals surface area contributed by atoms with Crippen molar-refractivity contribution in [3.63, 3.8) is 0 Å². The molecule has 1 heterocycles. The highest BCUT2D eigenvalue weighted by atomic mass is 32.2. The van der Waals surface area contributed by atoms with Gasteiger partial charge in [-0.2, -0.15) is 17.0 Å². The third-order valence-electron chi connectivity index (χ3n) is 2.00. The van der Waals surface area contributed by atoms with E-state index in [1.165, 1.54) is 5.56 Å². The predicted octanol–water partition coefficient (Wildman–Crippen LogP) is 2.83. The van der Waals surface area contributed by atoms with E-state index in [-0.39, 0.29) is 0 Å². The largest absolute Gasteiger partial charge is 0.361 e. The molecule has 1 aromatic rings. The van der Waals surface area contributed by atoms with Gasteiger partial charge in [-0.15, -0.1) is 0 Å². The van der Waals surface area contributed by atoms with Crippen LogP contribution in [0.1, 0.15) is 29.9 Å². The van der Waals surface area contributed by atoms with E-state index >= 15 is 0 Å². The minimum atomic E-state index is 0.647. The number of nitriles is 1. The summed E-state index contributed by atoms with van der Waals surface area (Å²) in [5, 5.41) is 12.2. The molecule has 76 valence electrons. The summed E-state index contributed by atoms with van der Waals surface area (Å²) in [6, 6.07) is 2.14. The summed E-state index contributed by atoms with van der Waals surface area (Å²) in [5.41, 5.74) is 2.18. The maximum absolute atomic E-state index is 8.35. The first-order valence-electron chi connectivity index (χ1n) is 4.62. The second-order valence-electron chi connectivity index (χ2n) is 3.12. The smallest absolute Gasteiger partial charge is 0.137 e. The first kappa shape index (κ1) is 11.1. The number of aryl methyl sites for hydroxylation is 2. The van der Waals surface area contributed by atoms with Gasteiger partial charge in [-0.1, -0.05) is 5.16 Å². The quantitative estimate of drug-likeness (QED) is 0.701. The van der Waals surface area contributed by atoms with Crippen LogP contribution in [-0.2, 0) is 5.75 Å². The van der Waals surface area contributed by atoms with Crippen molar-refractivity contribution in [2.24, 2.45) is 0 Å². The van der Waals surface area contributed by atoms with E-state index in [1.807, 2.05) is 25.6 Å². The summed E-state index contributed by atoms with van der Waals surface area (Å²) in [7, 11) is 0. The molecule has 0 aliphatic rings. The lowest BCUT2D eigenvalue weighted by atomic mass is 10.2. The van der Waals surface area contributed by atoms with Crippen molar-refractivity contribution < 1.29 is 4.52 Å². The fourth-order valence-electron chi connectivity index (χ4n) is 1.14. The van der Waals surface area contributed by atoms with Crippen LogP contribution in [-0.4, -0.2) is 10.9 Å². The number of hydrogen-bond donors (Lipinski definition) is 0. The number of thioether (sulfide) groups is 1. The average Bonchev–Trinajstić information content (AvgIpc) is 2.48. The van der Waals surface area contributed by atoms with Crippen LogP contribution in [0.2, 0.25) is 0 Å². The second-order valence-corrected chi connectivity index (χ2v) is 4.22. The average molecular weight is 210 g/mol. The molecule has 0 spiro atoms. The Morgan fingerprint density at radius 2 is 2.29 bits per heavy atom. The standard InChI is InChI=1S/C10H14N2OS/c1-8-10(9(2)13-12-8)7-14-6-4-3-5-11/h3-4,6-7H2,1-2H3. The van der Waals surface area contributed by atoms with E-state index in [1.54, 1.807) is 0 Å². The van der Waals surface area contributed by atoms with E-state index in [0.717, 1.165) is 29.4 Å². The first-order valence-corrected chi connectivity index (χ1v) is 5.77. The molecule has 0 bridgehead atoms. The van der Waals surface area contributed by atoms with Crippen molar-refractivity contribution in [1.29, 1.82) is 5.26 Å². The van der Waals surface area contributed by atoms with E-state index < -0.39 is 0 Å². The number of hydrogen-bond acceptors (Lipinski definition) is 4. The molecule has 0 saturated carbocycles. The third-order valence-corrected chi connectivity index (χ3v) is 3.08. The molecule has 0 amide bonds. The summed E-state index contributed by atoms with van der Waals surface area (Å²) in [6.45, 7) is 3.90. The summed E-state index contributed by atoms with van der Waals surface area (Å²) in [4.78, 5) is 0. The van der Waals surface area contributed by atoms with Crippen molar-refractivity contribution in [3.05, 3.63) is 17.0 Å². The molecule has 0 unspecified atom stereocenters. The monoisotopic (exact) mass is 210 g/mol. The summed E-state index contributed by atoms with van der Waals surface area (Å²) in [5.74, 6) is 2.87. The molecule has 0 saturated heterocycles. The van der Waals surface area contributed by atoms with Gasteiger partial charge in [0, 0.05) is 17.7 Å². The molecule has 14 heavy (non-hydrogen) atoms. The van der Waals surface area contributed by atoms with Crippen molar-refractivity contribution in [1.82, 2.24) is 5.16 Å². The minimum absolute atomic E-state index is 0.647. The zero-order valence-corrected chi connectivity index (χ0v) is 9.36. The topological polar surface area (TPSA) is 49.8 Å². The zero-order valence-electron chi connectivity index (χ0n) is 8.54. The van der Waals surface area contributed by atoms with Crippen LogP contribution in [0.15, 0.2) is 4.52 Å². The van der Waals surface area contributed by atoms with E-state index in [4.69, 9.17) is 9.78 Å². The molecule has 4 heteroatoms. The molecule has 0 fully saturated rings. The van der Waals surface area contributed by atoms with Crippen LogP contribution in [0.5, 0.6) is 0 Å². The fraction of sp³-hybridized carbons (Fsp3) is 0.600. The van der Waals surface area contributed by atoms with Gasteiger partial charge >= 0.3 is 0 Å². The summed E-state index contributed by atoms with van der Waals surface area (Å²) >= 11 is 1.83. The van der Waals surface area contributed by atoms with Crippen molar-refractivity contribution >= 4 is 11.8 Å². The first-order chi connectivity index (χ1) is 6.75. The highest BCUT2D eigenvalue weighted by Crippen LogP contribution is 2.19. The fourth-order valence-corrected chi connectivity index (χ4v) is 2.24. The van der Waals surface area contributed by atoms with Gasteiger partial charge in [-0.05, 0) is 26.0 Å². The van der Waals surface area contributed by atoms with Crippen LogP contribution in [0.25, 0.3) is 0 Å². The molecule has 0 N–H and O–H groups in total. The minimum Gasteiger partial charge on any atom is -0.361 e. The molecular formula is C10H14N2OS. The number of rotatable bonds is 5. The van der Waals surface area contributed by atoms with Crippen LogP contribution in [0.3, 0.4) is 0 Å². The van der Waals surface area contributed by atoms with Crippen LogP contribution >= 0.6 is 11.8 Å². The molecule has 1 aromatic heterocycles. The van der Waals surface area contributed by atoms with Crippen molar-refractivity contribution in [2.45, 2.75) is 32.4 Å². The molecule has 3 nitrogen and oxygen atoms in total. The number of aromatic nitrogens is 1. The van der Waals surface area contributed by atoms with E-state index in [0.29, 0.717) is 6.42 Å². The van der Waals surface area contributed by atoms with Gasteiger partial charge in [0.2, 0.25) is 0 Å². The number of nitrogens with zero attached hydrogens (tertiary/aromatic N) is 2. The summed E-state index contributed by atoms with van der Waals surface area (Å²) < 4.78 is 5.06. The molecule has 0 radical (unpaired) electrons. The predicted molar refractivity (Wildman–Crippen MR) is 57.0 cm³/mol. The maximum Gasteiger partial charge on any atom is 0.137 e. The lowest BCUT2D eigenvalue weighted by molar-refractivity contribution is 0.392. The molecular weight excluding hydrogens is 196 g/mol. The Bertz CT molecular complexity index is 308. The van der Waals surface area contributed by atoms with Gasteiger partial charge in [-0.25, -0.2) is 0 Å². The summed E-state index contributed by atoms with van der Waals surface area (Å²) in [6.07, 6.45) is 1.61. The van der Waals surface area contributed by atoms with Gasteiger partial charge < -0.3 is 4.52 Å². The van der Waals surface area contributed by atoms with Crippen molar-refractivity contribution in [2.75, 3.05) is 5.75 Å². The third kappa shape index (κ3) is 3.08. The highest BCUT2D eigenvalue weighted by molar-refractivity contribution is 7.98. The molecule has 0 aliphatic carbocycles. The van der Waals surface area contributed by atoms with Gasteiger partial charge in [0.25, 0.3) is 0 Å². The SMILES string of the molecule is Cc1noc(C)c1CSCCCC#N. The maximum atomic E-state index is 8.35. The second kappa shape index (κ2) is 5.71. The molecule has 1 rings (SSSR count). The van der Waals surface area contributed by atoms with E-state index in [9.17, 15) is 0 Å². The van der Waals surface area contributed by atoms with Crippen molar-refractivity contribution in [3.8, 4) is 6.07 Å². The lowest BCUT2D eigenvalue weighted by Crippen LogP contribution is -1.86. The molecule has 0 aliphatic heterocycles. The molecule has 0 aromatic carbocycles. The van der Waals surface area contributed by atoms with Crippen LogP contribution in [0, 0.1) is 25.2 Å². The van der Waals surface area contributed by atoms with E-state index in [2.05, 4.69) is 11.2 Å². The number of unbranched alkanes of at least 4 members (excludes halogenated alkanes) is 1. The Morgan fingerprint density at radius 1 is 1.50 bits per heavy atom. The molecule has 0 atom stereocenters. The normalized spacial score (nSPS) is 10.1. The Morgan fingerprint density at radius 3 is 2.86 bits per heavy atom. The van der Waals surface area contributed by atoms with Gasteiger partial charge in [0.1, 0.15) is 5.76 Å². The lowest BCUT2D eigenvalue weighted by Gasteiger charge is -1.98. The van der Waals surface area contributed by atoms with Gasteiger partial charge in [0.05, 0.1) is 11.8 Å². The van der Waals surface area contributed by atoms with Gasteiger partial charge in [0.15, 0.2) is 0 Å². The Kier molecular flexibility index (Phi) is 4.54. The van der Waals surface area contributed by atoms with Gasteiger partial charge in [-0.3, -0.25) is 0 Å². The van der Waals surface area contributed by atoms with Crippen LogP contribution < -0.4 is 0 Å². The Balaban J connectivity index is 2.28. The van der Waals surface area contributed by atoms with Crippen LogP contribution in [0.4, 0.5) is 0 Å². The highest BCUT2D eigenvalue weighted by Gasteiger charge is 2.07. The Hall–Kier alpha value is -0.950.